The van der Waals surface area contributed by atoms with Crippen LogP contribution in [-0.4, -0.2) is 6.10 Å². The summed E-state index contributed by atoms with van der Waals surface area (Å²) in [5.41, 5.74) is 7.29. The van der Waals surface area contributed by atoms with E-state index in [0.29, 0.717) is 6.10 Å². The third kappa shape index (κ3) is 3.47. The topological polar surface area (TPSA) is 35.2 Å². The highest BCUT2D eigenvalue weighted by atomic mass is 16.5. The lowest BCUT2D eigenvalue weighted by atomic mass is 10.0. The molecule has 94 valence electrons. The third-order valence-electron chi connectivity index (χ3n) is 3.51. The van der Waals surface area contributed by atoms with Gasteiger partial charge in [-0.05, 0) is 49.8 Å². The standard InChI is InChI=1S/C15H23NO/c1-2-5-15(16)12-8-10-14(11-9-12)17-13-6-3-4-7-13/h8-11,13,15H,2-7,16H2,1H3. The molecule has 0 amide bonds. The van der Waals surface area contributed by atoms with Crippen molar-refractivity contribution in [1.29, 1.82) is 0 Å². The molecule has 0 aromatic heterocycles. The van der Waals surface area contributed by atoms with Crippen LogP contribution in [0.5, 0.6) is 5.75 Å². The average Bonchev–Trinajstić information content (AvgIpc) is 2.83. The Bertz CT molecular complexity index is 327. The van der Waals surface area contributed by atoms with E-state index in [1.165, 1.54) is 31.2 Å². The maximum Gasteiger partial charge on any atom is 0.119 e. The smallest absolute Gasteiger partial charge is 0.119 e. The lowest BCUT2D eigenvalue weighted by Crippen LogP contribution is -2.12. The Morgan fingerprint density at radius 2 is 1.88 bits per heavy atom. The van der Waals surface area contributed by atoms with E-state index in [-0.39, 0.29) is 6.04 Å². The predicted octanol–water partition coefficient (Wildman–Crippen LogP) is 3.81. The first-order chi connectivity index (χ1) is 8.29. The van der Waals surface area contributed by atoms with Gasteiger partial charge in [0.05, 0.1) is 6.10 Å². The van der Waals surface area contributed by atoms with E-state index in [2.05, 4.69) is 31.2 Å². The lowest BCUT2D eigenvalue weighted by molar-refractivity contribution is 0.210. The van der Waals surface area contributed by atoms with E-state index in [0.717, 1.165) is 18.6 Å². The fraction of sp³-hybridized carbons (Fsp3) is 0.600. The lowest BCUT2D eigenvalue weighted by Gasteiger charge is -2.15. The van der Waals surface area contributed by atoms with Crippen LogP contribution in [0.15, 0.2) is 24.3 Å². The summed E-state index contributed by atoms with van der Waals surface area (Å²) in [6.45, 7) is 2.16. The van der Waals surface area contributed by atoms with Crippen molar-refractivity contribution in [2.24, 2.45) is 5.73 Å². The van der Waals surface area contributed by atoms with E-state index >= 15 is 0 Å². The summed E-state index contributed by atoms with van der Waals surface area (Å²) in [5.74, 6) is 0.990. The maximum atomic E-state index is 6.08. The van der Waals surface area contributed by atoms with Crippen molar-refractivity contribution in [1.82, 2.24) is 0 Å². The van der Waals surface area contributed by atoms with Crippen LogP contribution in [0.3, 0.4) is 0 Å². The summed E-state index contributed by atoms with van der Waals surface area (Å²) in [7, 11) is 0. The highest BCUT2D eigenvalue weighted by Gasteiger charge is 2.16. The second-order valence-electron chi connectivity index (χ2n) is 4.99. The Kier molecular flexibility index (Phi) is 4.43. The molecule has 1 aromatic rings. The SMILES string of the molecule is CCCC(N)c1ccc(OC2CCCC2)cc1. The van der Waals surface area contributed by atoms with Crippen LogP contribution in [0.1, 0.15) is 57.1 Å². The summed E-state index contributed by atoms with van der Waals surface area (Å²) in [4.78, 5) is 0. The number of hydrogen-bond acceptors (Lipinski definition) is 2. The van der Waals surface area contributed by atoms with Crippen molar-refractivity contribution in [2.45, 2.75) is 57.6 Å². The second kappa shape index (κ2) is 6.06. The normalized spacial score (nSPS) is 18.2. The molecule has 1 saturated carbocycles. The third-order valence-corrected chi connectivity index (χ3v) is 3.51. The molecule has 2 heteroatoms. The number of rotatable bonds is 5. The molecule has 0 saturated heterocycles. The molecule has 1 aromatic carbocycles. The van der Waals surface area contributed by atoms with Crippen LogP contribution in [0.2, 0.25) is 0 Å². The molecular weight excluding hydrogens is 210 g/mol. The van der Waals surface area contributed by atoms with Gasteiger partial charge in [-0.2, -0.15) is 0 Å². The van der Waals surface area contributed by atoms with Gasteiger partial charge in [-0.1, -0.05) is 25.5 Å². The van der Waals surface area contributed by atoms with Crippen LogP contribution in [-0.2, 0) is 0 Å². The van der Waals surface area contributed by atoms with Crippen molar-refractivity contribution in [3.63, 3.8) is 0 Å². The van der Waals surface area contributed by atoms with Crippen molar-refractivity contribution < 1.29 is 4.74 Å². The van der Waals surface area contributed by atoms with Gasteiger partial charge in [0.2, 0.25) is 0 Å². The minimum Gasteiger partial charge on any atom is -0.490 e. The Morgan fingerprint density at radius 3 is 2.47 bits per heavy atom. The molecular formula is C15H23NO. The Labute approximate surface area is 104 Å². The molecule has 1 aliphatic carbocycles. The minimum absolute atomic E-state index is 0.167. The quantitative estimate of drug-likeness (QED) is 0.839. The van der Waals surface area contributed by atoms with Crippen molar-refractivity contribution in [2.75, 3.05) is 0 Å². The Balaban J connectivity index is 1.92. The van der Waals surface area contributed by atoms with Crippen LogP contribution in [0.4, 0.5) is 0 Å². The molecule has 2 nitrogen and oxygen atoms in total. The molecule has 2 N–H and O–H groups in total. The molecule has 2 rings (SSSR count). The zero-order valence-electron chi connectivity index (χ0n) is 10.7. The summed E-state index contributed by atoms with van der Waals surface area (Å²) in [6, 6.07) is 8.49. The van der Waals surface area contributed by atoms with Crippen molar-refractivity contribution in [3.05, 3.63) is 29.8 Å². The van der Waals surface area contributed by atoms with Gasteiger partial charge in [-0.3, -0.25) is 0 Å². The summed E-state index contributed by atoms with van der Waals surface area (Å²) < 4.78 is 5.93. The molecule has 1 fully saturated rings. The number of benzene rings is 1. The van der Waals surface area contributed by atoms with Gasteiger partial charge in [0.15, 0.2) is 0 Å². The Morgan fingerprint density at radius 1 is 1.24 bits per heavy atom. The van der Waals surface area contributed by atoms with Gasteiger partial charge in [0.1, 0.15) is 5.75 Å². The first kappa shape index (κ1) is 12.4. The van der Waals surface area contributed by atoms with Gasteiger partial charge < -0.3 is 10.5 Å². The van der Waals surface area contributed by atoms with Gasteiger partial charge in [0, 0.05) is 6.04 Å². The highest BCUT2D eigenvalue weighted by molar-refractivity contribution is 5.29. The van der Waals surface area contributed by atoms with Gasteiger partial charge in [-0.15, -0.1) is 0 Å². The van der Waals surface area contributed by atoms with E-state index < -0.39 is 0 Å². The van der Waals surface area contributed by atoms with Gasteiger partial charge >= 0.3 is 0 Å². The van der Waals surface area contributed by atoms with E-state index in [9.17, 15) is 0 Å². The van der Waals surface area contributed by atoms with Crippen molar-refractivity contribution >= 4 is 0 Å². The molecule has 0 bridgehead atoms. The van der Waals surface area contributed by atoms with Crippen LogP contribution < -0.4 is 10.5 Å². The summed E-state index contributed by atoms with van der Waals surface area (Å²) >= 11 is 0. The Hall–Kier alpha value is -1.02. The molecule has 1 unspecified atom stereocenters. The number of ether oxygens (including phenoxy) is 1. The fourth-order valence-electron chi connectivity index (χ4n) is 2.47. The van der Waals surface area contributed by atoms with Crippen LogP contribution >= 0.6 is 0 Å². The number of hydrogen-bond donors (Lipinski definition) is 1. The fourth-order valence-corrected chi connectivity index (χ4v) is 2.47. The minimum atomic E-state index is 0.167. The van der Waals surface area contributed by atoms with Crippen LogP contribution in [0.25, 0.3) is 0 Å². The largest absolute Gasteiger partial charge is 0.490 e. The molecule has 17 heavy (non-hydrogen) atoms. The van der Waals surface area contributed by atoms with Crippen LogP contribution in [0, 0.1) is 0 Å². The predicted molar refractivity (Wildman–Crippen MR) is 71.2 cm³/mol. The molecule has 1 aliphatic rings. The van der Waals surface area contributed by atoms with Gasteiger partial charge in [0.25, 0.3) is 0 Å². The molecule has 0 radical (unpaired) electrons. The zero-order valence-corrected chi connectivity index (χ0v) is 10.7. The summed E-state index contributed by atoms with van der Waals surface area (Å²) in [6.07, 6.45) is 7.64. The molecule has 0 heterocycles. The summed E-state index contributed by atoms with van der Waals surface area (Å²) in [5, 5.41) is 0. The first-order valence-electron chi connectivity index (χ1n) is 6.82. The number of nitrogens with two attached hydrogens (primary N) is 1. The maximum absolute atomic E-state index is 6.08. The molecule has 0 spiro atoms. The second-order valence-corrected chi connectivity index (χ2v) is 4.99. The highest BCUT2D eigenvalue weighted by Crippen LogP contribution is 2.25. The zero-order chi connectivity index (χ0) is 12.1. The monoisotopic (exact) mass is 233 g/mol. The first-order valence-corrected chi connectivity index (χ1v) is 6.82. The van der Waals surface area contributed by atoms with E-state index in [1.54, 1.807) is 0 Å². The average molecular weight is 233 g/mol. The van der Waals surface area contributed by atoms with Crippen molar-refractivity contribution in [3.8, 4) is 5.75 Å². The van der Waals surface area contributed by atoms with Gasteiger partial charge in [-0.25, -0.2) is 0 Å². The van der Waals surface area contributed by atoms with E-state index in [1.807, 2.05) is 0 Å². The van der Waals surface area contributed by atoms with E-state index in [4.69, 9.17) is 10.5 Å². The molecule has 0 aliphatic heterocycles. The molecule has 1 atom stereocenters.